The van der Waals surface area contributed by atoms with Crippen LogP contribution < -0.4 is 11.1 Å². The van der Waals surface area contributed by atoms with Gasteiger partial charge in [0.15, 0.2) is 15.4 Å². The third kappa shape index (κ3) is 2.85. The molecule has 0 bridgehead atoms. The van der Waals surface area contributed by atoms with Gasteiger partial charge in [-0.3, -0.25) is 9.36 Å². The van der Waals surface area contributed by atoms with Gasteiger partial charge in [-0.15, -0.1) is 0 Å². The molecule has 1 unspecified atom stereocenters. The van der Waals surface area contributed by atoms with Crippen LogP contribution in [0.3, 0.4) is 0 Å². The molecule has 0 radical (unpaired) electrons. The van der Waals surface area contributed by atoms with Crippen LogP contribution in [0.2, 0.25) is 0 Å². The van der Waals surface area contributed by atoms with Crippen molar-refractivity contribution in [2.24, 2.45) is 0 Å². The average molecular weight is 310 g/mol. The van der Waals surface area contributed by atoms with Gasteiger partial charge in [0.2, 0.25) is 5.91 Å². The third-order valence-corrected chi connectivity index (χ3v) is 5.24. The van der Waals surface area contributed by atoms with Crippen molar-refractivity contribution in [1.82, 2.24) is 9.88 Å². The van der Waals surface area contributed by atoms with Crippen molar-refractivity contribution in [2.45, 2.75) is 19.0 Å². The van der Waals surface area contributed by atoms with Gasteiger partial charge in [0.1, 0.15) is 6.54 Å². The Morgan fingerprint density at radius 2 is 2.14 bits per heavy atom. The Morgan fingerprint density at radius 1 is 1.38 bits per heavy atom. The number of hydrogen-bond acceptors (Lipinski definition) is 5. The van der Waals surface area contributed by atoms with Gasteiger partial charge in [0, 0.05) is 6.04 Å². The summed E-state index contributed by atoms with van der Waals surface area (Å²) in [7, 11) is -3.05. The van der Waals surface area contributed by atoms with Gasteiger partial charge in [0.05, 0.1) is 17.0 Å². The van der Waals surface area contributed by atoms with Gasteiger partial charge in [0.25, 0.3) is 0 Å². The maximum absolute atomic E-state index is 12.0. The summed E-state index contributed by atoms with van der Waals surface area (Å²) >= 11 is 0. The number of benzene rings is 1. The molecule has 3 rings (SSSR count). The van der Waals surface area contributed by atoms with Gasteiger partial charge in [-0.2, -0.15) is 0 Å². The largest absolute Gasteiger partial charge is 0.420 e. The Hall–Kier alpha value is -2.09. The topological polar surface area (TPSA) is 98.4 Å². The number of amides is 1. The highest BCUT2D eigenvalue weighted by atomic mass is 32.2. The molecule has 1 amide bonds. The Bertz CT molecular complexity index is 849. The molecule has 1 aliphatic rings. The summed E-state index contributed by atoms with van der Waals surface area (Å²) in [6.07, 6.45) is 0.412. The predicted molar refractivity (Wildman–Crippen MR) is 75.7 cm³/mol. The van der Waals surface area contributed by atoms with E-state index in [1.807, 2.05) is 0 Å². The van der Waals surface area contributed by atoms with Gasteiger partial charge in [-0.05, 0) is 18.6 Å². The molecule has 0 aliphatic carbocycles. The Morgan fingerprint density at radius 3 is 2.86 bits per heavy atom. The Balaban J connectivity index is 1.75. The van der Waals surface area contributed by atoms with Crippen molar-refractivity contribution >= 4 is 26.8 Å². The summed E-state index contributed by atoms with van der Waals surface area (Å²) in [5, 5.41) is 2.65. The van der Waals surface area contributed by atoms with Crippen LogP contribution in [-0.4, -0.2) is 36.4 Å². The van der Waals surface area contributed by atoms with E-state index in [-0.39, 0.29) is 24.1 Å². The van der Waals surface area contributed by atoms with Crippen molar-refractivity contribution in [3.05, 3.63) is 34.8 Å². The van der Waals surface area contributed by atoms with Crippen LogP contribution in [0.1, 0.15) is 6.42 Å². The van der Waals surface area contributed by atoms with Crippen LogP contribution in [0.15, 0.2) is 33.5 Å². The number of carbonyl (C=O) groups is 1. The van der Waals surface area contributed by atoms with Gasteiger partial charge >= 0.3 is 5.76 Å². The minimum Gasteiger partial charge on any atom is -0.408 e. The zero-order valence-electron chi connectivity index (χ0n) is 11.1. The van der Waals surface area contributed by atoms with Gasteiger partial charge in [-0.1, -0.05) is 12.1 Å². The smallest absolute Gasteiger partial charge is 0.408 e. The average Bonchev–Trinajstić information content (AvgIpc) is 2.90. The fourth-order valence-corrected chi connectivity index (χ4v) is 4.16. The Kier molecular flexibility index (Phi) is 3.32. The van der Waals surface area contributed by atoms with Gasteiger partial charge < -0.3 is 9.73 Å². The van der Waals surface area contributed by atoms with E-state index in [1.54, 1.807) is 24.3 Å². The summed E-state index contributed by atoms with van der Waals surface area (Å²) in [6, 6.07) is 6.44. The molecule has 2 aromatic rings. The number of oxazole rings is 1. The van der Waals surface area contributed by atoms with E-state index in [0.717, 1.165) is 0 Å². The molecule has 1 aliphatic heterocycles. The van der Waals surface area contributed by atoms with Crippen LogP contribution >= 0.6 is 0 Å². The zero-order chi connectivity index (χ0) is 15.0. The number of fused-ring (bicyclic) bond motifs is 1. The van der Waals surface area contributed by atoms with Crippen molar-refractivity contribution in [2.75, 3.05) is 11.5 Å². The maximum atomic E-state index is 12.0. The van der Waals surface area contributed by atoms with Gasteiger partial charge in [-0.25, -0.2) is 13.2 Å². The summed E-state index contributed by atoms with van der Waals surface area (Å²) < 4.78 is 29.0. The molecule has 0 saturated carbocycles. The van der Waals surface area contributed by atoms with Crippen molar-refractivity contribution < 1.29 is 17.6 Å². The molecule has 8 heteroatoms. The van der Waals surface area contributed by atoms with E-state index in [4.69, 9.17) is 4.42 Å². The first-order valence-corrected chi connectivity index (χ1v) is 8.35. The molecule has 1 atom stereocenters. The summed E-state index contributed by atoms with van der Waals surface area (Å²) in [6.45, 7) is -0.188. The number of nitrogens with zero attached hydrogens (tertiary/aromatic N) is 1. The highest BCUT2D eigenvalue weighted by Crippen LogP contribution is 2.13. The molecule has 7 nitrogen and oxygen atoms in total. The van der Waals surface area contributed by atoms with E-state index in [1.165, 1.54) is 4.57 Å². The van der Waals surface area contributed by atoms with E-state index in [2.05, 4.69) is 5.32 Å². The predicted octanol–water partition coefficient (Wildman–Crippen LogP) is -0.102. The lowest BCUT2D eigenvalue weighted by molar-refractivity contribution is -0.122. The zero-order valence-corrected chi connectivity index (χ0v) is 11.9. The molecular weight excluding hydrogens is 296 g/mol. The van der Waals surface area contributed by atoms with Crippen molar-refractivity contribution in [3.63, 3.8) is 0 Å². The molecular formula is C13H14N2O5S. The molecule has 1 fully saturated rings. The lowest BCUT2D eigenvalue weighted by Gasteiger charge is -2.10. The number of rotatable bonds is 3. The number of sulfone groups is 1. The molecule has 0 spiro atoms. The van der Waals surface area contributed by atoms with Crippen LogP contribution in [-0.2, 0) is 21.2 Å². The fourth-order valence-electron chi connectivity index (χ4n) is 2.49. The highest BCUT2D eigenvalue weighted by Gasteiger charge is 2.29. The summed E-state index contributed by atoms with van der Waals surface area (Å²) in [5.74, 6) is -0.956. The van der Waals surface area contributed by atoms with E-state index >= 15 is 0 Å². The lowest BCUT2D eigenvalue weighted by atomic mass is 10.2. The fraction of sp³-hybridized carbons (Fsp3) is 0.385. The standard InChI is InChI=1S/C13H14N2O5S/c16-12(14-9-5-6-21(18,19)8-9)7-15-10-3-1-2-4-11(10)20-13(15)17/h1-4,9H,5-8H2,(H,14,16). The van der Waals surface area contributed by atoms with E-state index < -0.39 is 21.5 Å². The number of para-hydroxylation sites is 2. The second-order valence-corrected chi connectivity index (χ2v) is 7.32. The van der Waals surface area contributed by atoms with E-state index in [9.17, 15) is 18.0 Å². The number of aromatic nitrogens is 1. The molecule has 1 saturated heterocycles. The van der Waals surface area contributed by atoms with Crippen LogP contribution in [0.5, 0.6) is 0 Å². The molecule has 2 heterocycles. The number of nitrogens with one attached hydrogen (secondary N) is 1. The minimum absolute atomic E-state index is 0.0419. The van der Waals surface area contributed by atoms with Crippen LogP contribution in [0, 0.1) is 0 Å². The number of hydrogen-bond donors (Lipinski definition) is 1. The molecule has 1 N–H and O–H groups in total. The first-order valence-electron chi connectivity index (χ1n) is 6.53. The SMILES string of the molecule is O=C(Cn1c(=O)oc2ccccc21)NC1CCS(=O)(=O)C1. The first-order chi connectivity index (χ1) is 9.94. The molecule has 1 aromatic heterocycles. The maximum Gasteiger partial charge on any atom is 0.420 e. The summed E-state index contributed by atoms with van der Waals surface area (Å²) in [4.78, 5) is 23.7. The molecule has 1 aromatic carbocycles. The minimum atomic E-state index is -3.05. The number of carbonyl (C=O) groups excluding carboxylic acids is 1. The normalized spacial score (nSPS) is 20.7. The van der Waals surface area contributed by atoms with Crippen LogP contribution in [0.25, 0.3) is 11.1 Å². The Labute approximate surface area is 120 Å². The molecule has 21 heavy (non-hydrogen) atoms. The second kappa shape index (κ2) is 5.03. The van der Waals surface area contributed by atoms with Crippen molar-refractivity contribution in [3.8, 4) is 0 Å². The first kappa shape index (κ1) is 13.9. The summed E-state index contributed by atoms with van der Waals surface area (Å²) in [5.41, 5.74) is 0.954. The lowest BCUT2D eigenvalue weighted by Crippen LogP contribution is -2.38. The highest BCUT2D eigenvalue weighted by molar-refractivity contribution is 7.91. The van der Waals surface area contributed by atoms with E-state index in [0.29, 0.717) is 17.5 Å². The third-order valence-electron chi connectivity index (χ3n) is 3.47. The van der Waals surface area contributed by atoms with Crippen LogP contribution in [0.4, 0.5) is 0 Å². The second-order valence-electron chi connectivity index (χ2n) is 5.09. The molecule has 112 valence electrons. The van der Waals surface area contributed by atoms with Crippen molar-refractivity contribution in [1.29, 1.82) is 0 Å². The monoisotopic (exact) mass is 310 g/mol. The quantitative estimate of drug-likeness (QED) is 0.853.